The number of carboxylic acid groups (broad SMARTS) is 1. The van der Waals surface area contributed by atoms with Crippen LogP contribution < -0.4 is 0 Å². The number of hydrogen-bond donors (Lipinski definition) is 1. The summed E-state index contributed by atoms with van der Waals surface area (Å²) in [5.41, 5.74) is 0.851. The Balaban J connectivity index is 2.78. The highest BCUT2D eigenvalue weighted by atomic mass is 35.5. The zero-order valence-electron chi connectivity index (χ0n) is 13.3. The van der Waals surface area contributed by atoms with Gasteiger partial charge in [-0.1, -0.05) is 53.0 Å². The largest absolute Gasteiger partial charge is 0.478 e. The van der Waals surface area contributed by atoms with Crippen molar-refractivity contribution >= 4 is 46.3 Å². The van der Waals surface area contributed by atoms with Crippen LogP contribution in [0.3, 0.4) is 0 Å². The van der Waals surface area contributed by atoms with Crippen LogP contribution >= 0.6 is 34.8 Å². The predicted molar refractivity (Wildman–Crippen MR) is 97.4 cm³/mol. The number of rotatable bonds is 4. The molecule has 2 aromatic carbocycles. The van der Waals surface area contributed by atoms with Gasteiger partial charge in [0.2, 0.25) is 0 Å². The number of hydrogen-bond acceptors (Lipinski definition) is 1. The van der Waals surface area contributed by atoms with Crippen LogP contribution in [0, 0.1) is 6.92 Å². The molecule has 0 aromatic heterocycles. The van der Waals surface area contributed by atoms with E-state index in [1.807, 2.05) is 0 Å². The highest BCUT2D eigenvalue weighted by Crippen LogP contribution is 2.38. The summed E-state index contributed by atoms with van der Waals surface area (Å²) >= 11 is 17.9. The van der Waals surface area contributed by atoms with Crippen molar-refractivity contribution in [2.45, 2.75) is 19.5 Å². The van der Waals surface area contributed by atoms with E-state index in [0.29, 0.717) is 5.56 Å². The average molecular weight is 424 g/mol. The van der Waals surface area contributed by atoms with Crippen LogP contribution in [0.4, 0.5) is 13.2 Å². The summed E-state index contributed by atoms with van der Waals surface area (Å²) in [6, 6.07) is 7.17. The molecule has 0 radical (unpaired) electrons. The first kappa shape index (κ1) is 20.6. The van der Waals surface area contributed by atoms with E-state index < -0.39 is 18.6 Å². The number of allylic oxidation sites excluding steroid dienone is 1. The van der Waals surface area contributed by atoms with Crippen LogP contribution in [0.25, 0.3) is 5.57 Å². The summed E-state index contributed by atoms with van der Waals surface area (Å²) in [5, 5.41) is 9.62. The van der Waals surface area contributed by atoms with Crippen molar-refractivity contribution in [3.05, 3.63) is 73.7 Å². The summed E-state index contributed by atoms with van der Waals surface area (Å²) in [5.74, 6) is -1.26. The standard InChI is InChI=1S/C18H12Cl3F3O2/c1-9-3-2-4-12(17(25)26)15(9)11(5-6-18(22,23)24)10-7-13(19)16(21)14(20)8-10/h2-5,7-8H,6H2,1H3,(H,25,26)/b11-5+. The third-order valence-electron chi connectivity index (χ3n) is 3.60. The summed E-state index contributed by atoms with van der Waals surface area (Å²) in [7, 11) is 0. The predicted octanol–water partition coefficient (Wildman–Crippen LogP) is 7.04. The van der Waals surface area contributed by atoms with Crippen molar-refractivity contribution in [3.8, 4) is 0 Å². The first-order chi connectivity index (χ1) is 12.0. The Morgan fingerprint density at radius 1 is 1.15 bits per heavy atom. The van der Waals surface area contributed by atoms with Gasteiger partial charge in [0.1, 0.15) is 0 Å². The smallest absolute Gasteiger partial charge is 0.392 e. The Hall–Kier alpha value is -1.69. The number of benzene rings is 2. The van der Waals surface area contributed by atoms with E-state index in [1.54, 1.807) is 13.0 Å². The van der Waals surface area contributed by atoms with Crippen molar-refractivity contribution in [3.63, 3.8) is 0 Å². The molecule has 0 aliphatic carbocycles. The summed E-state index contributed by atoms with van der Waals surface area (Å²) < 4.78 is 38.4. The van der Waals surface area contributed by atoms with Gasteiger partial charge >= 0.3 is 12.1 Å². The van der Waals surface area contributed by atoms with Gasteiger partial charge in [-0.25, -0.2) is 4.79 Å². The van der Waals surface area contributed by atoms with Gasteiger partial charge in [-0.05, 0) is 47.4 Å². The zero-order chi connectivity index (χ0) is 19.6. The molecule has 8 heteroatoms. The van der Waals surface area contributed by atoms with Gasteiger partial charge in [-0.2, -0.15) is 13.2 Å². The van der Waals surface area contributed by atoms with Crippen molar-refractivity contribution in [1.29, 1.82) is 0 Å². The Morgan fingerprint density at radius 2 is 1.73 bits per heavy atom. The number of aryl methyl sites for hydroxylation is 1. The Kier molecular flexibility index (Phi) is 6.27. The van der Waals surface area contributed by atoms with Gasteiger partial charge in [0.15, 0.2) is 0 Å². The SMILES string of the molecule is Cc1cccc(C(=O)O)c1/C(=C/CC(F)(F)F)c1cc(Cl)c(Cl)c(Cl)c1. The van der Waals surface area contributed by atoms with E-state index in [-0.39, 0.29) is 37.3 Å². The van der Waals surface area contributed by atoms with Crippen molar-refractivity contribution in [1.82, 2.24) is 0 Å². The molecule has 0 aliphatic heterocycles. The first-order valence-electron chi connectivity index (χ1n) is 7.26. The molecule has 0 amide bonds. The molecule has 0 atom stereocenters. The lowest BCUT2D eigenvalue weighted by Crippen LogP contribution is -2.08. The minimum Gasteiger partial charge on any atom is -0.478 e. The van der Waals surface area contributed by atoms with E-state index in [9.17, 15) is 23.1 Å². The van der Waals surface area contributed by atoms with E-state index in [0.717, 1.165) is 6.08 Å². The normalized spacial score (nSPS) is 12.3. The number of carbonyl (C=O) groups is 1. The summed E-state index contributed by atoms with van der Waals surface area (Å²) in [6.45, 7) is 1.61. The number of halogens is 6. The highest BCUT2D eigenvalue weighted by molar-refractivity contribution is 6.48. The maximum Gasteiger partial charge on any atom is 0.392 e. The van der Waals surface area contributed by atoms with Crippen molar-refractivity contribution in [2.75, 3.05) is 0 Å². The van der Waals surface area contributed by atoms with Gasteiger partial charge in [0.05, 0.1) is 27.1 Å². The molecule has 0 saturated carbocycles. The van der Waals surface area contributed by atoms with Gasteiger partial charge in [0.25, 0.3) is 0 Å². The molecule has 2 aromatic rings. The fourth-order valence-corrected chi connectivity index (χ4v) is 3.09. The van der Waals surface area contributed by atoms with Gasteiger partial charge in [-0.15, -0.1) is 0 Å². The fraction of sp³-hybridized carbons (Fsp3) is 0.167. The Bertz CT molecular complexity index is 867. The lowest BCUT2D eigenvalue weighted by molar-refractivity contribution is -0.124. The molecular weight excluding hydrogens is 412 g/mol. The summed E-state index contributed by atoms with van der Waals surface area (Å²) in [4.78, 5) is 11.6. The lowest BCUT2D eigenvalue weighted by Gasteiger charge is -2.16. The highest BCUT2D eigenvalue weighted by Gasteiger charge is 2.27. The van der Waals surface area contributed by atoms with Gasteiger partial charge < -0.3 is 5.11 Å². The topological polar surface area (TPSA) is 37.3 Å². The monoisotopic (exact) mass is 422 g/mol. The first-order valence-corrected chi connectivity index (χ1v) is 8.39. The maximum absolute atomic E-state index is 12.8. The average Bonchev–Trinajstić information content (AvgIpc) is 2.52. The lowest BCUT2D eigenvalue weighted by atomic mass is 9.89. The molecule has 2 nitrogen and oxygen atoms in total. The molecule has 0 bridgehead atoms. The molecule has 0 heterocycles. The minimum absolute atomic E-state index is 0.0533. The Morgan fingerprint density at radius 3 is 2.23 bits per heavy atom. The van der Waals surface area contributed by atoms with Crippen molar-refractivity contribution < 1.29 is 23.1 Å². The fourth-order valence-electron chi connectivity index (χ4n) is 2.50. The number of carboxylic acids is 1. The second-order valence-corrected chi connectivity index (χ2v) is 6.69. The molecule has 0 spiro atoms. The van der Waals surface area contributed by atoms with E-state index in [1.165, 1.54) is 24.3 Å². The molecule has 0 aliphatic rings. The molecule has 26 heavy (non-hydrogen) atoms. The van der Waals surface area contributed by atoms with Crippen LogP contribution in [0.1, 0.15) is 33.5 Å². The maximum atomic E-state index is 12.8. The second kappa shape index (κ2) is 7.91. The molecule has 0 saturated heterocycles. The Labute approximate surface area is 162 Å². The second-order valence-electron chi connectivity index (χ2n) is 5.49. The molecule has 0 fully saturated rings. The third kappa shape index (κ3) is 4.72. The zero-order valence-corrected chi connectivity index (χ0v) is 15.6. The summed E-state index contributed by atoms with van der Waals surface area (Å²) in [6.07, 6.45) is -4.78. The van der Waals surface area contributed by atoms with Gasteiger partial charge in [-0.3, -0.25) is 0 Å². The molecular formula is C18H12Cl3F3O2. The number of aromatic carboxylic acids is 1. The van der Waals surface area contributed by atoms with E-state index in [4.69, 9.17) is 34.8 Å². The van der Waals surface area contributed by atoms with Crippen LogP contribution in [0.15, 0.2) is 36.4 Å². The van der Waals surface area contributed by atoms with Crippen LogP contribution in [-0.2, 0) is 0 Å². The van der Waals surface area contributed by atoms with Crippen LogP contribution in [-0.4, -0.2) is 17.3 Å². The molecule has 0 unspecified atom stereocenters. The third-order valence-corrected chi connectivity index (χ3v) is 4.80. The minimum atomic E-state index is -4.46. The van der Waals surface area contributed by atoms with E-state index >= 15 is 0 Å². The number of alkyl halides is 3. The van der Waals surface area contributed by atoms with E-state index in [2.05, 4.69) is 0 Å². The quantitative estimate of drug-likeness (QED) is 0.536. The van der Waals surface area contributed by atoms with Crippen molar-refractivity contribution in [2.24, 2.45) is 0 Å². The molecule has 1 N–H and O–H groups in total. The molecule has 2 rings (SSSR count). The van der Waals surface area contributed by atoms with Crippen LogP contribution in [0.5, 0.6) is 0 Å². The van der Waals surface area contributed by atoms with Crippen LogP contribution in [0.2, 0.25) is 15.1 Å². The van der Waals surface area contributed by atoms with Gasteiger partial charge in [0, 0.05) is 0 Å². The molecule has 138 valence electrons.